The molecule has 3 rings (SSSR count). The molecule has 0 saturated carbocycles. The first-order valence-corrected chi connectivity index (χ1v) is 9.40. The Hall–Kier alpha value is -2.18. The predicted molar refractivity (Wildman–Crippen MR) is 101 cm³/mol. The smallest absolute Gasteiger partial charge is 0.254 e. The van der Waals surface area contributed by atoms with E-state index in [1.54, 1.807) is 12.4 Å². The number of carbonyl (C=O) groups excluding carboxylic acids is 1. The van der Waals surface area contributed by atoms with Crippen LogP contribution in [-0.4, -0.2) is 51.9 Å². The van der Waals surface area contributed by atoms with Gasteiger partial charge in [0.2, 0.25) is 0 Å². The molecule has 1 saturated heterocycles. The van der Waals surface area contributed by atoms with Gasteiger partial charge in [-0.25, -0.2) is 0 Å². The van der Waals surface area contributed by atoms with Gasteiger partial charge in [0.05, 0.1) is 24.4 Å². The second-order valence-electron chi connectivity index (χ2n) is 6.98. The zero-order chi connectivity index (χ0) is 18.4. The Labute approximate surface area is 154 Å². The summed E-state index contributed by atoms with van der Waals surface area (Å²) in [6.45, 7) is 6.21. The predicted octanol–water partition coefficient (Wildman–Crippen LogP) is 2.14. The van der Waals surface area contributed by atoms with Crippen molar-refractivity contribution in [3.05, 3.63) is 53.3 Å². The van der Waals surface area contributed by atoms with E-state index in [2.05, 4.69) is 15.3 Å². The molecule has 2 heterocycles. The molecule has 1 fully saturated rings. The van der Waals surface area contributed by atoms with Crippen LogP contribution in [0.3, 0.4) is 0 Å². The average molecular weight is 356 g/mol. The van der Waals surface area contributed by atoms with Crippen LogP contribution in [0, 0.1) is 6.92 Å². The van der Waals surface area contributed by atoms with Crippen LogP contribution in [0.25, 0.3) is 0 Å². The molecule has 1 aliphatic rings. The minimum atomic E-state index is -0.714. The number of aryl methyl sites for hydroxylation is 1. The van der Waals surface area contributed by atoms with Gasteiger partial charge in [-0.15, -0.1) is 0 Å². The van der Waals surface area contributed by atoms with Crippen LogP contribution in [0.1, 0.15) is 46.9 Å². The molecule has 0 bridgehead atoms. The van der Waals surface area contributed by atoms with Gasteiger partial charge in [-0.3, -0.25) is 9.48 Å². The van der Waals surface area contributed by atoms with E-state index >= 15 is 0 Å². The number of hydrogen-bond acceptors (Lipinski definition) is 4. The molecule has 1 unspecified atom stereocenters. The molecule has 0 radical (unpaired) electrons. The fourth-order valence-electron chi connectivity index (χ4n) is 3.39. The number of nitrogens with zero attached hydrogens (tertiary/aromatic N) is 3. The lowest BCUT2D eigenvalue weighted by atomic mass is 10.0. The lowest BCUT2D eigenvalue weighted by Gasteiger charge is -2.26. The first-order chi connectivity index (χ1) is 12.6. The highest BCUT2D eigenvalue weighted by Crippen LogP contribution is 2.16. The van der Waals surface area contributed by atoms with Crippen molar-refractivity contribution in [2.24, 2.45) is 0 Å². The summed E-state index contributed by atoms with van der Waals surface area (Å²) in [7, 11) is 0. The van der Waals surface area contributed by atoms with Crippen molar-refractivity contribution < 1.29 is 9.90 Å². The summed E-state index contributed by atoms with van der Waals surface area (Å²) in [5.74, 6) is -0.207. The molecule has 1 atom stereocenters. The lowest BCUT2D eigenvalue weighted by Crippen LogP contribution is -2.32. The largest absolute Gasteiger partial charge is 0.387 e. The summed E-state index contributed by atoms with van der Waals surface area (Å²) in [6.07, 6.45) is 6.53. The Kier molecular flexibility index (Phi) is 6.41. The molecular formula is C20H28N4O2. The van der Waals surface area contributed by atoms with Crippen molar-refractivity contribution in [3.8, 4) is 0 Å². The molecule has 2 aromatic rings. The van der Waals surface area contributed by atoms with Crippen molar-refractivity contribution in [1.29, 1.82) is 0 Å². The van der Waals surface area contributed by atoms with E-state index in [9.17, 15) is 9.90 Å². The summed E-state index contributed by atoms with van der Waals surface area (Å²) >= 11 is 0. The molecule has 0 aliphatic carbocycles. The van der Waals surface area contributed by atoms with E-state index < -0.39 is 6.10 Å². The maximum atomic E-state index is 12.3. The molecule has 2 N–H and O–H groups in total. The molecule has 6 heteroatoms. The fraction of sp³-hybridized carbons (Fsp3) is 0.500. The van der Waals surface area contributed by atoms with Crippen molar-refractivity contribution in [2.75, 3.05) is 26.2 Å². The van der Waals surface area contributed by atoms with Crippen molar-refractivity contribution in [1.82, 2.24) is 20.0 Å². The molecule has 1 aromatic carbocycles. The number of piperidine rings is 1. The van der Waals surface area contributed by atoms with Gasteiger partial charge in [0, 0.05) is 19.3 Å². The SMILES string of the molecule is Cc1ccccc1C(O)CNC(=O)c1cnn(CCN2CCCCC2)c1. The van der Waals surface area contributed by atoms with Gasteiger partial charge in [-0.05, 0) is 44.0 Å². The highest BCUT2D eigenvalue weighted by atomic mass is 16.3. The molecule has 1 aromatic heterocycles. The second kappa shape index (κ2) is 8.96. The van der Waals surface area contributed by atoms with Gasteiger partial charge < -0.3 is 15.3 Å². The van der Waals surface area contributed by atoms with Crippen molar-refractivity contribution in [2.45, 2.75) is 38.8 Å². The van der Waals surface area contributed by atoms with E-state index in [4.69, 9.17) is 0 Å². The molecule has 26 heavy (non-hydrogen) atoms. The van der Waals surface area contributed by atoms with Crippen LogP contribution < -0.4 is 5.32 Å². The van der Waals surface area contributed by atoms with Gasteiger partial charge in [0.25, 0.3) is 5.91 Å². The minimum Gasteiger partial charge on any atom is -0.387 e. The van der Waals surface area contributed by atoms with Crippen LogP contribution in [-0.2, 0) is 6.54 Å². The zero-order valence-electron chi connectivity index (χ0n) is 15.4. The molecule has 6 nitrogen and oxygen atoms in total. The first kappa shape index (κ1) is 18.6. The molecule has 1 aliphatic heterocycles. The number of benzene rings is 1. The number of amides is 1. The average Bonchev–Trinajstić information content (AvgIpc) is 3.14. The highest BCUT2D eigenvalue weighted by molar-refractivity contribution is 5.93. The number of carbonyl (C=O) groups is 1. The summed E-state index contributed by atoms with van der Waals surface area (Å²) in [5.41, 5.74) is 2.38. The summed E-state index contributed by atoms with van der Waals surface area (Å²) < 4.78 is 1.82. The molecule has 140 valence electrons. The molecule has 0 spiro atoms. The Morgan fingerprint density at radius 1 is 1.23 bits per heavy atom. The summed E-state index contributed by atoms with van der Waals surface area (Å²) in [5, 5.41) is 17.4. The topological polar surface area (TPSA) is 70.4 Å². The number of rotatable bonds is 7. The second-order valence-corrected chi connectivity index (χ2v) is 6.98. The third-order valence-corrected chi connectivity index (χ3v) is 4.99. The van der Waals surface area contributed by atoms with Gasteiger partial charge in [0.15, 0.2) is 0 Å². The van der Waals surface area contributed by atoms with E-state index in [0.717, 1.165) is 37.3 Å². The third-order valence-electron chi connectivity index (χ3n) is 4.99. The van der Waals surface area contributed by atoms with Crippen LogP contribution in [0.5, 0.6) is 0 Å². The van der Waals surface area contributed by atoms with Crippen LogP contribution in [0.2, 0.25) is 0 Å². The van der Waals surface area contributed by atoms with E-state index in [1.165, 1.54) is 19.3 Å². The van der Waals surface area contributed by atoms with Crippen LogP contribution in [0.4, 0.5) is 0 Å². The number of nitrogens with one attached hydrogen (secondary N) is 1. The van der Waals surface area contributed by atoms with Gasteiger partial charge in [0.1, 0.15) is 0 Å². The van der Waals surface area contributed by atoms with E-state index in [1.807, 2.05) is 35.9 Å². The quantitative estimate of drug-likeness (QED) is 0.797. The standard InChI is InChI=1S/C20H28N4O2/c1-16-7-3-4-8-18(16)19(25)14-21-20(26)17-13-22-24(15-17)12-11-23-9-5-2-6-10-23/h3-4,7-8,13,15,19,25H,2,5-6,9-12,14H2,1H3,(H,21,26). The van der Waals surface area contributed by atoms with Gasteiger partial charge in [-0.1, -0.05) is 30.7 Å². The minimum absolute atomic E-state index is 0.183. The summed E-state index contributed by atoms with van der Waals surface area (Å²) in [6, 6.07) is 7.65. The number of hydrogen-bond donors (Lipinski definition) is 2. The lowest BCUT2D eigenvalue weighted by molar-refractivity contribution is 0.0916. The number of aliphatic hydroxyl groups is 1. The van der Waals surface area contributed by atoms with Gasteiger partial charge in [-0.2, -0.15) is 5.10 Å². The Morgan fingerprint density at radius 2 is 2.00 bits per heavy atom. The Morgan fingerprint density at radius 3 is 2.77 bits per heavy atom. The van der Waals surface area contributed by atoms with E-state index in [0.29, 0.717) is 5.56 Å². The maximum absolute atomic E-state index is 12.3. The first-order valence-electron chi connectivity index (χ1n) is 9.40. The van der Waals surface area contributed by atoms with Gasteiger partial charge >= 0.3 is 0 Å². The molecular weight excluding hydrogens is 328 g/mol. The third kappa shape index (κ3) is 4.93. The Balaban J connectivity index is 1.47. The number of aromatic nitrogens is 2. The Bertz CT molecular complexity index is 722. The number of likely N-dealkylation sites (tertiary alicyclic amines) is 1. The highest BCUT2D eigenvalue weighted by Gasteiger charge is 2.14. The number of aliphatic hydroxyl groups excluding tert-OH is 1. The van der Waals surface area contributed by atoms with Crippen LogP contribution in [0.15, 0.2) is 36.7 Å². The van der Waals surface area contributed by atoms with Crippen molar-refractivity contribution in [3.63, 3.8) is 0 Å². The monoisotopic (exact) mass is 356 g/mol. The van der Waals surface area contributed by atoms with E-state index in [-0.39, 0.29) is 12.5 Å². The molecule has 1 amide bonds. The van der Waals surface area contributed by atoms with Crippen molar-refractivity contribution >= 4 is 5.91 Å². The normalized spacial score (nSPS) is 16.4. The zero-order valence-corrected chi connectivity index (χ0v) is 15.4. The summed E-state index contributed by atoms with van der Waals surface area (Å²) in [4.78, 5) is 14.7. The fourth-order valence-corrected chi connectivity index (χ4v) is 3.39. The van der Waals surface area contributed by atoms with Crippen LogP contribution >= 0.6 is 0 Å². The maximum Gasteiger partial charge on any atom is 0.254 e.